The lowest BCUT2D eigenvalue weighted by atomic mass is 9.67. The largest absolute Gasteiger partial charge is 0.488 e. The van der Waals surface area contributed by atoms with Crippen molar-refractivity contribution in [3.05, 3.63) is 252 Å². The Labute approximate surface area is 360 Å². The van der Waals surface area contributed by atoms with Gasteiger partial charge in [-0.05, 0) is 121 Å². The highest BCUT2D eigenvalue weighted by atomic mass is 32.1. The first-order valence-electron chi connectivity index (χ1n) is 20.9. The van der Waals surface area contributed by atoms with Gasteiger partial charge in [0, 0.05) is 32.2 Å². The standard InChI is InChI=1S/C58H39NOS/c1-4-18-43(19-5-1)58(44-20-6-2-7-21-44)52-37-41(32-35-50(52)57-56(58)51-26-12-13-29-54(51)61-57)40-17-14-24-47(36-40)59(45-22-8-3-9-23-45)46-33-30-39(31-34-46)48-27-15-28-53-55(48)49-25-11-10-16-42(49)38-60-53/h1-37H,38H2. The molecule has 0 N–H and O–H groups in total. The Morgan fingerprint density at radius 1 is 0.443 bits per heavy atom. The van der Waals surface area contributed by atoms with Crippen LogP contribution in [-0.2, 0) is 12.0 Å². The van der Waals surface area contributed by atoms with Crippen LogP contribution in [0.5, 0.6) is 5.75 Å². The van der Waals surface area contributed by atoms with E-state index in [0.29, 0.717) is 6.61 Å². The minimum Gasteiger partial charge on any atom is -0.488 e. The van der Waals surface area contributed by atoms with Crippen molar-refractivity contribution < 1.29 is 4.74 Å². The van der Waals surface area contributed by atoms with E-state index in [9.17, 15) is 0 Å². The Bertz CT molecular complexity index is 3200. The van der Waals surface area contributed by atoms with Gasteiger partial charge in [-0.3, -0.25) is 0 Å². The molecule has 0 atom stereocenters. The number of thiophene rings is 1. The highest BCUT2D eigenvalue weighted by Gasteiger charge is 2.48. The summed E-state index contributed by atoms with van der Waals surface area (Å²) in [4.78, 5) is 3.72. The third kappa shape index (κ3) is 5.62. The van der Waals surface area contributed by atoms with Gasteiger partial charge in [0.25, 0.3) is 0 Å². The molecule has 1 aliphatic carbocycles. The first-order valence-corrected chi connectivity index (χ1v) is 21.8. The zero-order chi connectivity index (χ0) is 40.3. The lowest BCUT2D eigenvalue weighted by molar-refractivity contribution is 0.302. The molecule has 0 saturated carbocycles. The maximum absolute atomic E-state index is 6.24. The van der Waals surface area contributed by atoms with Crippen molar-refractivity contribution in [3.63, 3.8) is 0 Å². The van der Waals surface area contributed by atoms with Crippen molar-refractivity contribution in [1.29, 1.82) is 0 Å². The molecule has 0 unspecified atom stereocenters. The van der Waals surface area contributed by atoms with Crippen LogP contribution in [0.25, 0.3) is 53.9 Å². The molecule has 0 amide bonds. The molecular formula is C58H39NOS. The minimum atomic E-state index is -0.482. The molecule has 1 aromatic heterocycles. The predicted octanol–water partition coefficient (Wildman–Crippen LogP) is 15.6. The zero-order valence-corrected chi connectivity index (χ0v) is 34.1. The van der Waals surface area contributed by atoms with Crippen LogP contribution in [0.2, 0.25) is 0 Å². The summed E-state index contributed by atoms with van der Waals surface area (Å²) in [6.45, 7) is 0.593. The van der Waals surface area contributed by atoms with Gasteiger partial charge in [0.05, 0.1) is 5.41 Å². The highest BCUT2D eigenvalue weighted by Crippen LogP contribution is 2.61. The fourth-order valence-corrected chi connectivity index (χ4v) is 11.3. The molecule has 0 saturated heterocycles. The number of hydrogen-bond donors (Lipinski definition) is 0. The van der Waals surface area contributed by atoms with Crippen molar-refractivity contribution >= 4 is 38.5 Å². The molecule has 10 aromatic rings. The number of para-hydroxylation sites is 1. The van der Waals surface area contributed by atoms with Gasteiger partial charge in [-0.15, -0.1) is 11.3 Å². The summed E-state index contributed by atoms with van der Waals surface area (Å²) in [5.41, 5.74) is 17.7. The highest BCUT2D eigenvalue weighted by molar-refractivity contribution is 7.22. The number of fused-ring (bicyclic) bond motifs is 8. The molecule has 1 aliphatic heterocycles. The summed E-state index contributed by atoms with van der Waals surface area (Å²) in [6, 6.07) is 82.0. The molecule has 61 heavy (non-hydrogen) atoms. The summed E-state index contributed by atoms with van der Waals surface area (Å²) in [7, 11) is 0. The van der Waals surface area contributed by atoms with Crippen LogP contribution in [0.1, 0.15) is 27.8 Å². The number of benzene rings is 9. The van der Waals surface area contributed by atoms with E-state index >= 15 is 0 Å². The van der Waals surface area contributed by atoms with Crippen LogP contribution >= 0.6 is 11.3 Å². The minimum absolute atomic E-state index is 0.482. The maximum atomic E-state index is 6.24. The monoisotopic (exact) mass is 797 g/mol. The van der Waals surface area contributed by atoms with Gasteiger partial charge < -0.3 is 9.64 Å². The van der Waals surface area contributed by atoms with Gasteiger partial charge in [0.1, 0.15) is 12.4 Å². The molecular weight excluding hydrogens is 759 g/mol. The molecule has 3 heteroatoms. The number of nitrogens with zero attached hydrogens (tertiary/aromatic N) is 1. The SMILES string of the molecule is c1ccc(N(c2ccc(-c3cccc4c3-c3ccccc3CO4)cc2)c2cccc(-c3ccc4c(c3)C(c3ccccc3)(c3ccccc3)c3c-4sc4ccccc34)c2)cc1. The number of anilines is 3. The van der Waals surface area contributed by atoms with E-state index in [1.807, 2.05) is 11.3 Å². The van der Waals surface area contributed by atoms with Crippen molar-refractivity contribution in [1.82, 2.24) is 0 Å². The Kier molecular flexibility index (Phi) is 8.36. The van der Waals surface area contributed by atoms with Gasteiger partial charge in [-0.25, -0.2) is 0 Å². The normalized spacial score (nSPS) is 13.1. The molecule has 0 radical (unpaired) electrons. The average molecular weight is 798 g/mol. The van der Waals surface area contributed by atoms with E-state index < -0.39 is 5.41 Å². The Hall–Kier alpha value is -7.46. The maximum Gasteiger partial charge on any atom is 0.128 e. The van der Waals surface area contributed by atoms with Crippen LogP contribution in [0.4, 0.5) is 17.1 Å². The first kappa shape index (κ1) is 35.5. The van der Waals surface area contributed by atoms with Gasteiger partial charge in [-0.1, -0.05) is 170 Å². The third-order valence-corrected chi connectivity index (χ3v) is 13.8. The van der Waals surface area contributed by atoms with Crippen LogP contribution in [-0.4, -0.2) is 0 Å². The molecule has 0 spiro atoms. The van der Waals surface area contributed by atoms with Crippen molar-refractivity contribution in [2.75, 3.05) is 4.90 Å². The van der Waals surface area contributed by atoms with Gasteiger partial charge in [0.15, 0.2) is 0 Å². The Morgan fingerprint density at radius 2 is 1.05 bits per heavy atom. The lowest BCUT2D eigenvalue weighted by Gasteiger charge is -2.34. The van der Waals surface area contributed by atoms with E-state index in [0.717, 1.165) is 33.9 Å². The van der Waals surface area contributed by atoms with E-state index in [4.69, 9.17) is 4.74 Å². The Morgan fingerprint density at radius 3 is 1.84 bits per heavy atom. The third-order valence-electron chi connectivity index (χ3n) is 12.6. The van der Waals surface area contributed by atoms with Gasteiger partial charge in [0.2, 0.25) is 0 Å². The molecule has 12 rings (SSSR count). The van der Waals surface area contributed by atoms with E-state index in [2.05, 4.69) is 229 Å². The van der Waals surface area contributed by atoms with Crippen LogP contribution in [0.15, 0.2) is 224 Å². The molecule has 9 aromatic carbocycles. The fraction of sp³-hybridized carbons (Fsp3) is 0.0345. The summed E-state index contributed by atoms with van der Waals surface area (Å²) in [6.07, 6.45) is 0. The van der Waals surface area contributed by atoms with E-state index in [1.54, 1.807) is 0 Å². The second kappa shape index (κ2) is 14.4. The van der Waals surface area contributed by atoms with Gasteiger partial charge >= 0.3 is 0 Å². The number of rotatable bonds is 7. The number of hydrogen-bond acceptors (Lipinski definition) is 3. The second-order valence-electron chi connectivity index (χ2n) is 15.9. The van der Waals surface area contributed by atoms with E-state index in [1.165, 1.54) is 70.6 Å². The zero-order valence-electron chi connectivity index (χ0n) is 33.3. The molecule has 288 valence electrons. The summed E-state index contributed by atoms with van der Waals surface area (Å²) in [5, 5.41) is 1.32. The van der Waals surface area contributed by atoms with Crippen molar-refractivity contribution in [3.8, 4) is 49.6 Å². The van der Waals surface area contributed by atoms with Crippen LogP contribution < -0.4 is 9.64 Å². The molecule has 0 bridgehead atoms. The second-order valence-corrected chi connectivity index (χ2v) is 17.0. The summed E-state index contributed by atoms with van der Waals surface area (Å²) >= 11 is 1.91. The summed E-state index contributed by atoms with van der Waals surface area (Å²) < 4.78 is 7.56. The van der Waals surface area contributed by atoms with E-state index in [-0.39, 0.29) is 0 Å². The smallest absolute Gasteiger partial charge is 0.128 e. The quantitative estimate of drug-likeness (QED) is 0.159. The van der Waals surface area contributed by atoms with Crippen LogP contribution in [0, 0.1) is 0 Å². The Balaban J connectivity index is 0.989. The molecule has 0 fully saturated rings. The molecule has 2 aliphatic rings. The van der Waals surface area contributed by atoms with Crippen molar-refractivity contribution in [2.24, 2.45) is 0 Å². The van der Waals surface area contributed by atoms with Gasteiger partial charge in [-0.2, -0.15) is 0 Å². The first-order chi connectivity index (χ1) is 30.3. The lowest BCUT2D eigenvalue weighted by Crippen LogP contribution is -2.28. The molecule has 2 nitrogen and oxygen atoms in total. The average Bonchev–Trinajstić information content (AvgIpc) is 3.86. The predicted molar refractivity (Wildman–Crippen MR) is 254 cm³/mol. The van der Waals surface area contributed by atoms with Crippen LogP contribution in [0.3, 0.4) is 0 Å². The fourth-order valence-electron chi connectivity index (χ4n) is 9.97. The summed E-state index contributed by atoms with van der Waals surface area (Å²) in [5.74, 6) is 0.934. The number of ether oxygens (including phenoxy) is 1. The van der Waals surface area contributed by atoms with Crippen molar-refractivity contribution in [2.45, 2.75) is 12.0 Å². The topological polar surface area (TPSA) is 12.5 Å². The molecule has 2 heterocycles.